The van der Waals surface area contributed by atoms with Crippen molar-refractivity contribution >= 4 is 18.3 Å². The number of para-hydroxylation sites is 1. The molecule has 1 aliphatic heterocycles. The van der Waals surface area contributed by atoms with E-state index in [1.165, 1.54) is 0 Å². The Balaban J connectivity index is 0.00000180. The minimum atomic E-state index is -0.0436. The molecule has 19 heavy (non-hydrogen) atoms. The second-order valence-corrected chi connectivity index (χ2v) is 4.75. The second kappa shape index (κ2) is 8.02. The molecule has 5 heteroatoms. The molecule has 2 N–H and O–H groups in total. The van der Waals surface area contributed by atoms with E-state index >= 15 is 0 Å². The Labute approximate surface area is 120 Å². The molecule has 1 heterocycles. The van der Waals surface area contributed by atoms with Crippen molar-refractivity contribution in [1.29, 1.82) is 0 Å². The predicted molar refractivity (Wildman–Crippen MR) is 77.8 cm³/mol. The lowest BCUT2D eigenvalue weighted by Crippen LogP contribution is -2.47. The molecular formula is C14H21ClN2O2. The first kappa shape index (κ1) is 15.8. The topological polar surface area (TPSA) is 50.4 Å². The fourth-order valence-corrected chi connectivity index (χ4v) is 2.20. The third-order valence-electron chi connectivity index (χ3n) is 3.10. The van der Waals surface area contributed by atoms with Gasteiger partial charge in [0.05, 0.1) is 0 Å². The highest BCUT2D eigenvalue weighted by Crippen LogP contribution is 2.09. The van der Waals surface area contributed by atoms with E-state index in [2.05, 4.69) is 17.6 Å². The van der Waals surface area contributed by atoms with Crippen LogP contribution in [0.3, 0.4) is 0 Å². The highest BCUT2D eigenvalue weighted by atomic mass is 35.5. The number of halogens is 1. The summed E-state index contributed by atoms with van der Waals surface area (Å²) in [6.07, 6.45) is 1.97. The number of carbonyl (C=O) groups excluding carboxylic acids is 1. The molecule has 0 aromatic heterocycles. The summed E-state index contributed by atoms with van der Waals surface area (Å²) in [5.41, 5.74) is 0. The van der Waals surface area contributed by atoms with Gasteiger partial charge in [-0.05, 0) is 38.4 Å². The molecule has 0 aliphatic carbocycles. The third kappa shape index (κ3) is 5.49. The molecule has 106 valence electrons. The van der Waals surface area contributed by atoms with Crippen LogP contribution in [0.5, 0.6) is 5.75 Å². The highest BCUT2D eigenvalue weighted by molar-refractivity contribution is 5.85. The van der Waals surface area contributed by atoms with Crippen LogP contribution >= 0.6 is 12.4 Å². The first-order chi connectivity index (χ1) is 8.74. The Hall–Kier alpha value is -1.26. The van der Waals surface area contributed by atoms with Gasteiger partial charge in [-0.3, -0.25) is 4.79 Å². The van der Waals surface area contributed by atoms with Crippen LogP contribution in [0.15, 0.2) is 30.3 Å². The molecule has 2 atom stereocenters. The van der Waals surface area contributed by atoms with Crippen molar-refractivity contribution in [2.45, 2.75) is 31.8 Å². The van der Waals surface area contributed by atoms with Gasteiger partial charge in [-0.2, -0.15) is 0 Å². The number of ether oxygens (including phenoxy) is 1. The summed E-state index contributed by atoms with van der Waals surface area (Å²) >= 11 is 0. The average molecular weight is 285 g/mol. The monoisotopic (exact) mass is 284 g/mol. The molecule has 1 fully saturated rings. The second-order valence-electron chi connectivity index (χ2n) is 4.75. The molecule has 4 nitrogen and oxygen atoms in total. The van der Waals surface area contributed by atoms with E-state index in [1.807, 2.05) is 30.3 Å². The molecule has 0 bridgehead atoms. The van der Waals surface area contributed by atoms with Crippen LogP contribution in [0, 0.1) is 0 Å². The van der Waals surface area contributed by atoms with E-state index in [9.17, 15) is 4.79 Å². The standard InChI is InChI=1S/C14H20N2O2.ClH/c1-11-9-12(7-8-15-11)16-14(17)10-18-13-5-3-2-4-6-13;/h2-6,11-12,15H,7-10H2,1H3,(H,16,17);1H. The lowest BCUT2D eigenvalue weighted by atomic mass is 10.0. The van der Waals surface area contributed by atoms with Gasteiger partial charge < -0.3 is 15.4 Å². The van der Waals surface area contributed by atoms with Gasteiger partial charge in [-0.15, -0.1) is 12.4 Å². The fourth-order valence-electron chi connectivity index (χ4n) is 2.20. The zero-order chi connectivity index (χ0) is 12.8. The van der Waals surface area contributed by atoms with Crippen LogP contribution in [-0.4, -0.2) is 31.1 Å². The van der Waals surface area contributed by atoms with E-state index in [-0.39, 0.29) is 31.0 Å². The first-order valence-corrected chi connectivity index (χ1v) is 6.44. The van der Waals surface area contributed by atoms with Gasteiger partial charge in [0.15, 0.2) is 6.61 Å². The van der Waals surface area contributed by atoms with E-state index < -0.39 is 0 Å². The predicted octanol–water partition coefficient (Wildman–Crippen LogP) is 1.74. The third-order valence-corrected chi connectivity index (χ3v) is 3.10. The molecule has 0 spiro atoms. The lowest BCUT2D eigenvalue weighted by Gasteiger charge is -2.28. The maximum Gasteiger partial charge on any atom is 0.258 e. The van der Waals surface area contributed by atoms with Gasteiger partial charge in [0.25, 0.3) is 5.91 Å². The normalized spacial score (nSPS) is 22.2. The largest absolute Gasteiger partial charge is 0.484 e. The van der Waals surface area contributed by atoms with Gasteiger partial charge in [-0.1, -0.05) is 18.2 Å². The Bertz CT molecular complexity index is 386. The van der Waals surface area contributed by atoms with Crippen LogP contribution < -0.4 is 15.4 Å². The molecule has 0 radical (unpaired) electrons. The molecule has 0 saturated carbocycles. The van der Waals surface area contributed by atoms with E-state index in [0.717, 1.165) is 25.1 Å². The number of carbonyl (C=O) groups is 1. The minimum Gasteiger partial charge on any atom is -0.484 e. The molecule has 1 aliphatic rings. The maximum absolute atomic E-state index is 11.7. The van der Waals surface area contributed by atoms with Gasteiger partial charge in [0.1, 0.15) is 5.75 Å². The Morgan fingerprint density at radius 3 is 2.84 bits per heavy atom. The highest BCUT2D eigenvalue weighted by Gasteiger charge is 2.19. The van der Waals surface area contributed by atoms with Gasteiger partial charge in [0, 0.05) is 12.1 Å². The van der Waals surface area contributed by atoms with Crippen LogP contribution in [-0.2, 0) is 4.79 Å². The van der Waals surface area contributed by atoms with Gasteiger partial charge >= 0.3 is 0 Å². The van der Waals surface area contributed by atoms with E-state index in [1.54, 1.807) is 0 Å². The molecule has 2 unspecified atom stereocenters. The van der Waals surface area contributed by atoms with Crippen molar-refractivity contribution in [3.05, 3.63) is 30.3 Å². The van der Waals surface area contributed by atoms with Crippen LogP contribution in [0.4, 0.5) is 0 Å². The van der Waals surface area contributed by atoms with Crippen LogP contribution in [0.2, 0.25) is 0 Å². The number of benzene rings is 1. The zero-order valence-electron chi connectivity index (χ0n) is 11.1. The first-order valence-electron chi connectivity index (χ1n) is 6.44. The summed E-state index contributed by atoms with van der Waals surface area (Å²) in [6.45, 7) is 3.19. The van der Waals surface area contributed by atoms with Gasteiger partial charge in [-0.25, -0.2) is 0 Å². The summed E-state index contributed by atoms with van der Waals surface area (Å²) in [7, 11) is 0. The Morgan fingerprint density at radius 2 is 2.16 bits per heavy atom. The number of rotatable bonds is 4. The summed E-state index contributed by atoms with van der Waals surface area (Å²) in [4.78, 5) is 11.7. The molecule has 1 saturated heterocycles. The van der Waals surface area contributed by atoms with E-state index in [0.29, 0.717) is 6.04 Å². The molecule has 1 aromatic rings. The van der Waals surface area contributed by atoms with Gasteiger partial charge in [0.2, 0.25) is 0 Å². The quantitative estimate of drug-likeness (QED) is 0.886. The Kier molecular flexibility index (Phi) is 6.67. The zero-order valence-corrected chi connectivity index (χ0v) is 11.9. The summed E-state index contributed by atoms with van der Waals surface area (Å²) < 4.78 is 5.41. The van der Waals surface area contributed by atoms with Crippen molar-refractivity contribution < 1.29 is 9.53 Å². The fraction of sp³-hybridized carbons (Fsp3) is 0.500. The number of amides is 1. The lowest BCUT2D eigenvalue weighted by molar-refractivity contribution is -0.124. The minimum absolute atomic E-state index is 0. The van der Waals surface area contributed by atoms with Crippen molar-refractivity contribution in [2.75, 3.05) is 13.2 Å². The molecule has 2 rings (SSSR count). The molecule has 1 aromatic carbocycles. The van der Waals surface area contributed by atoms with Crippen molar-refractivity contribution in [3.63, 3.8) is 0 Å². The van der Waals surface area contributed by atoms with Crippen LogP contribution in [0.25, 0.3) is 0 Å². The summed E-state index contributed by atoms with van der Waals surface area (Å²) in [6, 6.07) is 10.1. The maximum atomic E-state index is 11.7. The average Bonchev–Trinajstić information content (AvgIpc) is 2.38. The summed E-state index contributed by atoms with van der Waals surface area (Å²) in [5.74, 6) is 0.685. The number of hydrogen-bond donors (Lipinski definition) is 2. The van der Waals surface area contributed by atoms with E-state index in [4.69, 9.17) is 4.74 Å². The van der Waals surface area contributed by atoms with Crippen LogP contribution in [0.1, 0.15) is 19.8 Å². The van der Waals surface area contributed by atoms with Crippen molar-refractivity contribution in [3.8, 4) is 5.75 Å². The van der Waals surface area contributed by atoms with Crippen molar-refractivity contribution in [1.82, 2.24) is 10.6 Å². The molecule has 1 amide bonds. The number of hydrogen-bond acceptors (Lipinski definition) is 3. The smallest absolute Gasteiger partial charge is 0.258 e. The number of nitrogens with one attached hydrogen (secondary N) is 2. The Morgan fingerprint density at radius 1 is 1.42 bits per heavy atom. The summed E-state index contributed by atoms with van der Waals surface area (Å²) in [5, 5.41) is 6.38. The van der Waals surface area contributed by atoms with Crippen molar-refractivity contribution in [2.24, 2.45) is 0 Å². The SMILES string of the molecule is CC1CC(NC(=O)COc2ccccc2)CCN1.Cl. The number of piperidine rings is 1. The molecular weight excluding hydrogens is 264 g/mol.